The summed E-state index contributed by atoms with van der Waals surface area (Å²) in [5, 5.41) is 21.4. The molecule has 0 aliphatic carbocycles. The van der Waals surface area contributed by atoms with Crippen LogP contribution < -0.4 is 5.32 Å². The normalized spacial score (nSPS) is 21.1. The molecule has 1 aliphatic rings. The number of aliphatic carboxylic acids is 1. The summed E-state index contributed by atoms with van der Waals surface area (Å²) in [4.78, 5) is 24.9. The summed E-state index contributed by atoms with van der Waals surface area (Å²) < 4.78 is 0. The molecule has 6 nitrogen and oxygen atoms in total. The second kappa shape index (κ2) is 6.92. The summed E-state index contributed by atoms with van der Waals surface area (Å²) in [6, 6.07) is -0.213. The Morgan fingerprint density at radius 1 is 1.40 bits per heavy atom. The van der Waals surface area contributed by atoms with Crippen molar-refractivity contribution >= 4 is 12.0 Å². The zero-order chi connectivity index (χ0) is 15.3. The highest BCUT2D eigenvalue weighted by atomic mass is 16.4. The number of carbonyl (C=O) groups is 2. The van der Waals surface area contributed by atoms with E-state index in [9.17, 15) is 14.7 Å². The molecule has 1 aliphatic heterocycles. The van der Waals surface area contributed by atoms with Gasteiger partial charge in [-0.25, -0.2) is 4.79 Å². The molecule has 2 unspecified atom stereocenters. The molecule has 6 heteroatoms. The Morgan fingerprint density at radius 2 is 1.95 bits per heavy atom. The maximum atomic E-state index is 12.0. The number of aliphatic hydroxyl groups excluding tert-OH is 1. The van der Waals surface area contributed by atoms with Gasteiger partial charge in [0.2, 0.25) is 0 Å². The summed E-state index contributed by atoms with van der Waals surface area (Å²) in [5.41, 5.74) is -0.923. The molecule has 0 bridgehead atoms. The van der Waals surface area contributed by atoms with Gasteiger partial charge in [0.15, 0.2) is 0 Å². The number of piperidine rings is 1. The number of urea groups is 1. The van der Waals surface area contributed by atoms with Crippen molar-refractivity contribution in [3.8, 4) is 0 Å². The average Bonchev–Trinajstić information content (AvgIpc) is 2.44. The number of likely N-dealkylation sites (tertiary alicyclic amines) is 1. The smallest absolute Gasteiger partial charge is 0.317 e. The Morgan fingerprint density at radius 3 is 2.35 bits per heavy atom. The van der Waals surface area contributed by atoms with Crippen LogP contribution in [0.15, 0.2) is 0 Å². The number of carbonyl (C=O) groups excluding carboxylic acids is 1. The van der Waals surface area contributed by atoms with Crippen LogP contribution in [0.1, 0.15) is 40.0 Å². The van der Waals surface area contributed by atoms with E-state index in [1.54, 1.807) is 25.7 Å². The van der Waals surface area contributed by atoms with Crippen LogP contribution >= 0.6 is 0 Å². The van der Waals surface area contributed by atoms with Crippen LogP contribution in [0.4, 0.5) is 4.79 Å². The Bertz CT molecular complexity index is 351. The number of nitrogens with zero attached hydrogens (tertiary/aromatic N) is 1. The number of aliphatic hydroxyl groups is 1. The molecule has 1 saturated heterocycles. The van der Waals surface area contributed by atoms with Gasteiger partial charge in [0.1, 0.15) is 0 Å². The average molecular weight is 286 g/mol. The molecule has 2 amide bonds. The third-order valence-corrected chi connectivity index (χ3v) is 4.44. The number of hydrogen-bond acceptors (Lipinski definition) is 3. The Labute approximate surface area is 120 Å². The zero-order valence-corrected chi connectivity index (χ0v) is 12.6. The van der Waals surface area contributed by atoms with Crippen molar-refractivity contribution in [1.29, 1.82) is 0 Å². The third-order valence-electron chi connectivity index (χ3n) is 4.44. The molecular weight excluding hydrogens is 260 g/mol. The Balaban J connectivity index is 2.43. The number of hydrogen-bond donors (Lipinski definition) is 3. The van der Waals surface area contributed by atoms with Gasteiger partial charge in [-0.2, -0.15) is 0 Å². The first-order valence-corrected chi connectivity index (χ1v) is 7.24. The molecule has 0 aromatic carbocycles. The van der Waals surface area contributed by atoms with Crippen molar-refractivity contribution in [3.05, 3.63) is 0 Å². The van der Waals surface area contributed by atoms with Crippen LogP contribution in [0, 0.1) is 11.3 Å². The van der Waals surface area contributed by atoms with E-state index in [1.165, 1.54) is 0 Å². The molecule has 20 heavy (non-hydrogen) atoms. The highest BCUT2D eigenvalue weighted by Crippen LogP contribution is 2.22. The summed E-state index contributed by atoms with van der Waals surface area (Å²) in [7, 11) is 0. The minimum absolute atomic E-state index is 0.133. The van der Waals surface area contributed by atoms with Crippen molar-refractivity contribution < 1.29 is 19.8 Å². The maximum Gasteiger partial charge on any atom is 0.317 e. The topological polar surface area (TPSA) is 89.9 Å². The molecule has 1 heterocycles. The molecule has 1 fully saturated rings. The van der Waals surface area contributed by atoms with Crippen LogP contribution in [0.2, 0.25) is 0 Å². The van der Waals surface area contributed by atoms with Crippen LogP contribution in [0.5, 0.6) is 0 Å². The molecule has 0 radical (unpaired) electrons. The highest BCUT2D eigenvalue weighted by Gasteiger charge is 2.32. The van der Waals surface area contributed by atoms with Crippen molar-refractivity contribution in [2.75, 3.05) is 19.6 Å². The van der Waals surface area contributed by atoms with E-state index in [-0.39, 0.29) is 24.6 Å². The van der Waals surface area contributed by atoms with E-state index in [0.29, 0.717) is 19.5 Å². The number of carboxylic acids is 1. The quantitative estimate of drug-likeness (QED) is 0.710. The van der Waals surface area contributed by atoms with Crippen molar-refractivity contribution in [1.82, 2.24) is 10.2 Å². The Hall–Kier alpha value is -1.30. The first-order valence-electron chi connectivity index (χ1n) is 7.24. The van der Waals surface area contributed by atoms with Gasteiger partial charge in [-0.3, -0.25) is 4.79 Å². The van der Waals surface area contributed by atoms with E-state index >= 15 is 0 Å². The molecule has 1 rings (SSSR count). The molecular formula is C14H26N2O4. The lowest BCUT2D eigenvalue weighted by atomic mass is 9.88. The lowest BCUT2D eigenvalue weighted by Crippen LogP contribution is -2.49. The fourth-order valence-electron chi connectivity index (χ4n) is 2.32. The van der Waals surface area contributed by atoms with Gasteiger partial charge in [0.25, 0.3) is 0 Å². The second-order valence-electron chi connectivity index (χ2n) is 5.94. The number of carboxylic acid groups (broad SMARTS) is 1. The van der Waals surface area contributed by atoms with Crippen LogP contribution in [0.3, 0.4) is 0 Å². The predicted molar refractivity (Wildman–Crippen MR) is 75.4 cm³/mol. The standard InChI is InChI=1S/C14H26N2O4/c1-4-14(3,12(18)19)9-15-13(20)16-7-5-11(6-8-16)10(2)17/h10-11,17H,4-9H2,1-3H3,(H,15,20)(H,18,19). The summed E-state index contributed by atoms with van der Waals surface area (Å²) in [5.74, 6) is -0.646. The van der Waals surface area contributed by atoms with Crippen LogP contribution in [-0.4, -0.2) is 52.9 Å². The van der Waals surface area contributed by atoms with Crippen LogP contribution in [-0.2, 0) is 4.79 Å². The molecule has 2 atom stereocenters. The lowest BCUT2D eigenvalue weighted by Gasteiger charge is -2.34. The van der Waals surface area contributed by atoms with Gasteiger partial charge < -0.3 is 20.4 Å². The van der Waals surface area contributed by atoms with Gasteiger partial charge in [-0.15, -0.1) is 0 Å². The SMILES string of the molecule is CCC(C)(CNC(=O)N1CCC(C(C)O)CC1)C(=O)O. The van der Waals surface area contributed by atoms with Gasteiger partial charge >= 0.3 is 12.0 Å². The van der Waals surface area contributed by atoms with Crippen molar-refractivity contribution in [2.45, 2.75) is 46.1 Å². The van der Waals surface area contributed by atoms with Gasteiger partial charge in [0, 0.05) is 19.6 Å². The monoisotopic (exact) mass is 286 g/mol. The summed E-state index contributed by atoms with van der Waals surface area (Å²) in [6.07, 6.45) is 1.70. The minimum Gasteiger partial charge on any atom is -0.481 e. The first kappa shape index (κ1) is 16.8. The van der Waals surface area contributed by atoms with E-state index in [0.717, 1.165) is 12.8 Å². The third kappa shape index (κ3) is 4.10. The second-order valence-corrected chi connectivity index (χ2v) is 5.94. The molecule has 0 aromatic heterocycles. The molecule has 0 saturated carbocycles. The lowest BCUT2D eigenvalue weighted by molar-refractivity contribution is -0.147. The largest absolute Gasteiger partial charge is 0.481 e. The van der Waals surface area contributed by atoms with Gasteiger partial charge in [-0.05, 0) is 39.0 Å². The molecule has 0 spiro atoms. The number of nitrogens with one attached hydrogen (secondary N) is 1. The molecule has 3 N–H and O–H groups in total. The summed E-state index contributed by atoms with van der Waals surface area (Å²) >= 11 is 0. The zero-order valence-electron chi connectivity index (χ0n) is 12.6. The van der Waals surface area contributed by atoms with E-state index in [2.05, 4.69) is 5.32 Å². The fourth-order valence-corrected chi connectivity index (χ4v) is 2.32. The fraction of sp³-hybridized carbons (Fsp3) is 0.857. The van der Waals surface area contributed by atoms with Gasteiger partial charge in [0.05, 0.1) is 11.5 Å². The highest BCUT2D eigenvalue weighted by molar-refractivity contribution is 5.77. The van der Waals surface area contributed by atoms with Crippen molar-refractivity contribution in [3.63, 3.8) is 0 Å². The number of rotatable bonds is 5. The van der Waals surface area contributed by atoms with Crippen molar-refractivity contribution in [2.24, 2.45) is 11.3 Å². The van der Waals surface area contributed by atoms with E-state index in [1.807, 2.05) is 0 Å². The minimum atomic E-state index is -0.923. The van der Waals surface area contributed by atoms with Gasteiger partial charge in [-0.1, -0.05) is 6.92 Å². The summed E-state index contributed by atoms with van der Waals surface area (Å²) in [6.45, 7) is 6.56. The van der Waals surface area contributed by atoms with E-state index in [4.69, 9.17) is 5.11 Å². The Kier molecular flexibility index (Phi) is 5.80. The molecule has 116 valence electrons. The first-order chi connectivity index (χ1) is 9.30. The van der Waals surface area contributed by atoms with Crippen LogP contribution in [0.25, 0.3) is 0 Å². The predicted octanol–water partition coefficient (Wildman–Crippen LogP) is 1.29. The van der Waals surface area contributed by atoms with E-state index < -0.39 is 11.4 Å². The maximum absolute atomic E-state index is 12.0. The molecule has 0 aromatic rings. The number of amides is 2.